The predicted molar refractivity (Wildman–Crippen MR) is 66.8 cm³/mol. The summed E-state index contributed by atoms with van der Waals surface area (Å²) in [4.78, 5) is 0. The van der Waals surface area contributed by atoms with Crippen LogP contribution < -0.4 is 5.73 Å². The van der Waals surface area contributed by atoms with E-state index in [9.17, 15) is 8.42 Å². The van der Waals surface area contributed by atoms with E-state index in [2.05, 4.69) is 14.8 Å². The van der Waals surface area contributed by atoms with Crippen LogP contribution in [0.4, 0.5) is 0 Å². The molecule has 100 valence electrons. The van der Waals surface area contributed by atoms with Crippen molar-refractivity contribution in [2.75, 3.05) is 5.75 Å². The van der Waals surface area contributed by atoms with E-state index in [1.807, 2.05) is 0 Å². The molecule has 2 aliphatic rings. The molecule has 0 bridgehead atoms. The Morgan fingerprint density at radius 2 is 2.17 bits per heavy atom. The largest absolute Gasteiger partial charge is 0.327 e. The van der Waals surface area contributed by atoms with Crippen LogP contribution in [0.5, 0.6) is 0 Å². The third-order valence-corrected chi connectivity index (χ3v) is 6.22. The monoisotopic (exact) mass is 270 g/mol. The first kappa shape index (κ1) is 12.1. The summed E-state index contributed by atoms with van der Waals surface area (Å²) < 4.78 is 25.7. The molecule has 0 aliphatic carbocycles. The van der Waals surface area contributed by atoms with E-state index in [1.54, 1.807) is 0 Å². The minimum Gasteiger partial charge on any atom is -0.327 e. The van der Waals surface area contributed by atoms with Crippen LogP contribution in [-0.2, 0) is 29.2 Å². The van der Waals surface area contributed by atoms with Gasteiger partial charge in [-0.3, -0.25) is 0 Å². The van der Waals surface area contributed by atoms with Crippen LogP contribution in [0.1, 0.15) is 30.9 Å². The summed E-state index contributed by atoms with van der Waals surface area (Å²) in [6.45, 7) is 0.811. The highest BCUT2D eigenvalue weighted by Crippen LogP contribution is 2.24. The Morgan fingerprint density at radius 1 is 1.33 bits per heavy atom. The molecule has 1 aromatic heterocycles. The molecule has 3 heterocycles. The van der Waals surface area contributed by atoms with Gasteiger partial charge in [0, 0.05) is 25.4 Å². The first-order valence-corrected chi connectivity index (χ1v) is 8.16. The lowest BCUT2D eigenvalue weighted by atomic mass is 10.1. The van der Waals surface area contributed by atoms with E-state index < -0.39 is 9.84 Å². The number of hydrogen-bond acceptors (Lipinski definition) is 5. The topological polar surface area (TPSA) is 90.9 Å². The van der Waals surface area contributed by atoms with Crippen LogP contribution >= 0.6 is 0 Å². The molecule has 1 aromatic rings. The van der Waals surface area contributed by atoms with E-state index in [-0.39, 0.29) is 11.3 Å². The van der Waals surface area contributed by atoms with Crippen molar-refractivity contribution in [1.82, 2.24) is 14.8 Å². The molecule has 2 atom stereocenters. The molecular formula is C11H18N4O2S. The zero-order chi connectivity index (χ0) is 12.8. The Balaban J connectivity index is 1.82. The average molecular weight is 270 g/mol. The van der Waals surface area contributed by atoms with Gasteiger partial charge in [-0.25, -0.2) is 8.42 Å². The fourth-order valence-corrected chi connectivity index (χ4v) is 4.69. The number of nitrogens with two attached hydrogens (primary N) is 1. The molecular weight excluding hydrogens is 252 g/mol. The number of rotatable bonds is 2. The molecule has 18 heavy (non-hydrogen) atoms. The average Bonchev–Trinajstić information content (AvgIpc) is 2.84. The van der Waals surface area contributed by atoms with Gasteiger partial charge in [0.15, 0.2) is 9.84 Å². The van der Waals surface area contributed by atoms with Gasteiger partial charge in [-0.05, 0) is 19.3 Å². The van der Waals surface area contributed by atoms with Crippen LogP contribution in [0.25, 0.3) is 0 Å². The molecule has 2 N–H and O–H groups in total. The predicted octanol–water partition coefficient (Wildman–Crippen LogP) is -0.329. The molecule has 2 unspecified atom stereocenters. The first-order chi connectivity index (χ1) is 8.56. The molecule has 1 saturated heterocycles. The van der Waals surface area contributed by atoms with Crippen molar-refractivity contribution in [3.8, 4) is 0 Å². The molecule has 0 aromatic carbocycles. The Kier molecular flexibility index (Phi) is 2.90. The van der Waals surface area contributed by atoms with Crippen molar-refractivity contribution < 1.29 is 8.42 Å². The minimum absolute atomic E-state index is 0.157. The molecule has 2 aliphatic heterocycles. The Hall–Kier alpha value is -0.950. The maximum Gasteiger partial charge on any atom is 0.153 e. The zero-order valence-electron chi connectivity index (χ0n) is 10.2. The van der Waals surface area contributed by atoms with Gasteiger partial charge >= 0.3 is 0 Å². The highest BCUT2D eigenvalue weighted by Gasteiger charge is 2.33. The van der Waals surface area contributed by atoms with Gasteiger partial charge < -0.3 is 10.3 Å². The highest BCUT2D eigenvalue weighted by atomic mass is 32.2. The third-order valence-electron chi connectivity index (χ3n) is 3.95. The summed E-state index contributed by atoms with van der Waals surface area (Å²) in [5.74, 6) is 2.04. The lowest BCUT2D eigenvalue weighted by Crippen LogP contribution is -2.32. The van der Waals surface area contributed by atoms with E-state index in [0.29, 0.717) is 12.2 Å². The maximum absolute atomic E-state index is 11.8. The van der Waals surface area contributed by atoms with Crippen molar-refractivity contribution in [2.24, 2.45) is 5.73 Å². The summed E-state index contributed by atoms with van der Waals surface area (Å²) in [5.41, 5.74) is 5.89. The van der Waals surface area contributed by atoms with Crippen LogP contribution in [0.15, 0.2) is 0 Å². The Bertz CT molecular complexity index is 551. The van der Waals surface area contributed by atoms with Gasteiger partial charge in [0.05, 0.1) is 11.0 Å². The second-order valence-corrected chi connectivity index (χ2v) is 7.67. The summed E-state index contributed by atoms with van der Waals surface area (Å²) in [6, 6.07) is 0.157. The maximum atomic E-state index is 11.8. The molecule has 0 spiro atoms. The van der Waals surface area contributed by atoms with Gasteiger partial charge in [-0.15, -0.1) is 10.2 Å². The van der Waals surface area contributed by atoms with Crippen LogP contribution in [0, 0.1) is 0 Å². The summed E-state index contributed by atoms with van der Waals surface area (Å²) in [6.07, 6.45) is 3.69. The Labute approximate surface area is 106 Å². The van der Waals surface area contributed by atoms with Gasteiger partial charge in [-0.2, -0.15) is 0 Å². The number of sulfone groups is 1. The van der Waals surface area contributed by atoms with E-state index in [1.165, 1.54) is 0 Å². The standard InChI is InChI=1S/C11H18N4O2S/c12-8-3-4-15-10(6-8)13-14-11(15)7-9-2-1-5-18(9,16)17/h8-9H,1-7,12H2. The summed E-state index contributed by atoms with van der Waals surface area (Å²) in [5, 5.41) is 8.03. The zero-order valence-corrected chi connectivity index (χ0v) is 11.1. The first-order valence-electron chi connectivity index (χ1n) is 6.44. The summed E-state index contributed by atoms with van der Waals surface area (Å²) >= 11 is 0. The number of fused-ring (bicyclic) bond motifs is 1. The van der Waals surface area contributed by atoms with Gasteiger partial charge in [0.1, 0.15) is 11.6 Å². The van der Waals surface area contributed by atoms with Crippen LogP contribution in [-0.4, -0.2) is 40.2 Å². The van der Waals surface area contributed by atoms with Gasteiger partial charge in [0.25, 0.3) is 0 Å². The van der Waals surface area contributed by atoms with Crippen molar-refractivity contribution in [3.05, 3.63) is 11.6 Å². The van der Waals surface area contributed by atoms with Crippen molar-refractivity contribution in [2.45, 2.75) is 49.9 Å². The lowest BCUT2D eigenvalue weighted by Gasteiger charge is -2.20. The van der Waals surface area contributed by atoms with Crippen LogP contribution in [0.3, 0.4) is 0 Å². The van der Waals surface area contributed by atoms with Gasteiger partial charge in [0.2, 0.25) is 0 Å². The fraction of sp³-hybridized carbons (Fsp3) is 0.818. The quantitative estimate of drug-likeness (QED) is 0.794. The SMILES string of the molecule is NC1CCn2c(nnc2CC2CCCS2(=O)=O)C1. The van der Waals surface area contributed by atoms with Crippen molar-refractivity contribution in [1.29, 1.82) is 0 Å². The van der Waals surface area contributed by atoms with Crippen molar-refractivity contribution >= 4 is 9.84 Å². The molecule has 0 radical (unpaired) electrons. The van der Waals surface area contributed by atoms with Crippen LogP contribution in [0.2, 0.25) is 0 Å². The minimum atomic E-state index is -2.91. The van der Waals surface area contributed by atoms with Crippen molar-refractivity contribution in [3.63, 3.8) is 0 Å². The molecule has 3 rings (SSSR count). The molecule has 0 saturated carbocycles. The lowest BCUT2D eigenvalue weighted by molar-refractivity contribution is 0.452. The second kappa shape index (κ2) is 4.31. The smallest absolute Gasteiger partial charge is 0.153 e. The molecule has 1 fully saturated rings. The molecule has 6 nitrogen and oxygen atoms in total. The van der Waals surface area contributed by atoms with E-state index in [4.69, 9.17) is 5.73 Å². The number of aromatic nitrogens is 3. The number of hydrogen-bond donors (Lipinski definition) is 1. The summed E-state index contributed by atoms with van der Waals surface area (Å²) in [7, 11) is -2.91. The van der Waals surface area contributed by atoms with E-state index in [0.717, 1.165) is 43.9 Å². The van der Waals surface area contributed by atoms with Gasteiger partial charge in [-0.1, -0.05) is 0 Å². The molecule has 7 heteroatoms. The normalized spacial score (nSPS) is 30.3. The van der Waals surface area contributed by atoms with E-state index >= 15 is 0 Å². The third kappa shape index (κ3) is 2.05. The number of nitrogens with zero attached hydrogens (tertiary/aromatic N) is 3. The Morgan fingerprint density at radius 3 is 2.89 bits per heavy atom. The second-order valence-electron chi connectivity index (χ2n) is 5.27. The molecule has 0 amide bonds. The highest BCUT2D eigenvalue weighted by molar-refractivity contribution is 7.92. The fourth-order valence-electron chi connectivity index (χ4n) is 2.86.